The van der Waals surface area contributed by atoms with E-state index in [9.17, 15) is 14.2 Å². The molecule has 9 nitrogen and oxygen atoms in total. The molecule has 0 radical (unpaired) electrons. The van der Waals surface area contributed by atoms with Crippen LogP contribution in [0, 0.1) is 6.92 Å². The number of carbonyl (C=O) groups is 2. The smallest absolute Gasteiger partial charge is 0.298 e. The second-order valence-corrected chi connectivity index (χ2v) is 13.6. The normalized spacial score (nSPS) is 13.8. The Morgan fingerprint density at radius 2 is 1.48 bits per heavy atom. The molecule has 2 aromatic carbocycles. The zero-order chi connectivity index (χ0) is 28.4. The number of benzene rings is 2. The van der Waals surface area contributed by atoms with Gasteiger partial charge in [0, 0.05) is 73.6 Å². The lowest BCUT2D eigenvalue weighted by Crippen LogP contribution is -2.47. The van der Waals surface area contributed by atoms with Crippen molar-refractivity contribution in [3.63, 3.8) is 0 Å². The molecule has 0 aliphatic carbocycles. The maximum Gasteiger partial charge on any atom is 0.298 e. The SMILES string of the molecule is Cc1cc(-c2ccccc2)c(C(=O)C(=O)Nc2ccc(N3CCN(c4ncc(P(C)(C)=O)cn4)CC3)cc2)n1C. The molecular weight excluding hydrogens is 523 g/mol. The van der Waals surface area contributed by atoms with E-state index in [1.807, 2.05) is 67.6 Å². The Morgan fingerprint density at radius 1 is 0.875 bits per heavy atom. The zero-order valence-corrected chi connectivity index (χ0v) is 24.1. The molecule has 40 heavy (non-hydrogen) atoms. The Morgan fingerprint density at radius 3 is 2.08 bits per heavy atom. The number of hydrogen-bond donors (Lipinski definition) is 1. The summed E-state index contributed by atoms with van der Waals surface area (Å²) in [4.78, 5) is 39.4. The molecule has 206 valence electrons. The second-order valence-electron chi connectivity index (χ2n) is 10.4. The molecule has 2 aromatic heterocycles. The van der Waals surface area contributed by atoms with Crippen LogP contribution in [0.4, 0.5) is 17.3 Å². The Hall–Kier alpha value is -4.23. The number of Topliss-reactive ketones (excluding diaryl/α,β-unsaturated/α-hetero) is 1. The van der Waals surface area contributed by atoms with E-state index < -0.39 is 18.8 Å². The van der Waals surface area contributed by atoms with Gasteiger partial charge >= 0.3 is 0 Å². The third kappa shape index (κ3) is 5.70. The van der Waals surface area contributed by atoms with Crippen molar-refractivity contribution < 1.29 is 14.2 Å². The van der Waals surface area contributed by atoms with Crippen molar-refractivity contribution in [2.45, 2.75) is 6.92 Å². The molecule has 0 saturated carbocycles. The molecule has 3 heterocycles. The Balaban J connectivity index is 1.21. The Kier molecular flexibility index (Phi) is 7.59. The van der Waals surface area contributed by atoms with E-state index in [1.165, 1.54) is 0 Å². The maximum atomic E-state index is 13.2. The Labute approximate surface area is 234 Å². The van der Waals surface area contributed by atoms with Crippen LogP contribution in [0.15, 0.2) is 73.1 Å². The van der Waals surface area contributed by atoms with E-state index in [2.05, 4.69) is 25.1 Å². The molecule has 0 unspecified atom stereocenters. The van der Waals surface area contributed by atoms with Crippen LogP contribution >= 0.6 is 7.14 Å². The molecule has 5 rings (SSSR count). The lowest BCUT2D eigenvalue weighted by Gasteiger charge is -2.36. The van der Waals surface area contributed by atoms with Crippen LogP contribution < -0.4 is 20.4 Å². The van der Waals surface area contributed by atoms with Gasteiger partial charge in [-0.05, 0) is 56.1 Å². The molecule has 4 aromatic rings. The van der Waals surface area contributed by atoms with Crippen LogP contribution in [0.25, 0.3) is 11.1 Å². The molecule has 0 bridgehead atoms. The minimum absolute atomic E-state index is 0.368. The third-order valence-corrected chi connectivity index (χ3v) is 8.75. The summed E-state index contributed by atoms with van der Waals surface area (Å²) in [6.45, 7) is 8.41. The van der Waals surface area contributed by atoms with Gasteiger partial charge in [0.05, 0.1) is 0 Å². The van der Waals surface area contributed by atoms with Gasteiger partial charge in [0.1, 0.15) is 12.8 Å². The number of anilines is 3. The summed E-state index contributed by atoms with van der Waals surface area (Å²) in [6, 6.07) is 19.1. The zero-order valence-electron chi connectivity index (χ0n) is 23.2. The summed E-state index contributed by atoms with van der Waals surface area (Å²) >= 11 is 0. The average Bonchev–Trinajstić information content (AvgIpc) is 3.27. The van der Waals surface area contributed by atoms with Gasteiger partial charge in [0.2, 0.25) is 5.95 Å². The highest BCUT2D eigenvalue weighted by molar-refractivity contribution is 7.70. The van der Waals surface area contributed by atoms with E-state index in [-0.39, 0.29) is 0 Å². The van der Waals surface area contributed by atoms with E-state index in [4.69, 9.17) is 0 Å². The van der Waals surface area contributed by atoms with Crippen LogP contribution in [-0.2, 0) is 16.4 Å². The minimum atomic E-state index is -2.38. The second kappa shape index (κ2) is 11.1. The monoisotopic (exact) mass is 556 g/mol. The highest BCUT2D eigenvalue weighted by Gasteiger charge is 2.25. The number of nitrogens with one attached hydrogen (secondary N) is 1. The maximum absolute atomic E-state index is 13.2. The van der Waals surface area contributed by atoms with E-state index in [0.29, 0.717) is 22.6 Å². The molecule has 1 saturated heterocycles. The van der Waals surface area contributed by atoms with Crippen molar-refractivity contribution in [1.82, 2.24) is 14.5 Å². The van der Waals surface area contributed by atoms with Crippen molar-refractivity contribution in [1.29, 1.82) is 0 Å². The number of hydrogen-bond acceptors (Lipinski definition) is 7. The van der Waals surface area contributed by atoms with Gasteiger partial charge in [-0.25, -0.2) is 9.97 Å². The summed E-state index contributed by atoms with van der Waals surface area (Å²) < 4.78 is 14.0. The topological polar surface area (TPSA) is 100 Å². The number of rotatable bonds is 7. The fourth-order valence-electron chi connectivity index (χ4n) is 4.81. The van der Waals surface area contributed by atoms with Crippen LogP contribution in [0.1, 0.15) is 16.2 Å². The fourth-order valence-corrected chi connectivity index (χ4v) is 5.49. The van der Waals surface area contributed by atoms with Crippen molar-refractivity contribution in [2.75, 3.05) is 54.6 Å². The molecule has 1 fully saturated rings. The first-order valence-electron chi connectivity index (χ1n) is 13.2. The van der Waals surface area contributed by atoms with E-state index in [0.717, 1.165) is 48.7 Å². The lowest BCUT2D eigenvalue weighted by atomic mass is 10.0. The highest BCUT2D eigenvalue weighted by atomic mass is 31.2. The number of amides is 1. The number of nitrogens with zero attached hydrogens (tertiary/aromatic N) is 5. The van der Waals surface area contributed by atoms with E-state index >= 15 is 0 Å². The summed E-state index contributed by atoms with van der Waals surface area (Å²) in [5.74, 6) is -0.609. The first kappa shape index (κ1) is 27.3. The van der Waals surface area contributed by atoms with E-state index in [1.54, 1.807) is 37.3 Å². The molecule has 10 heteroatoms. The van der Waals surface area contributed by atoms with Gasteiger partial charge in [-0.3, -0.25) is 9.59 Å². The van der Waals surface area contributed by atoms with Crippen LogP contribution in [0.3, 0.4) is 0 Å². The van der Waals surface area contributed by atoms with Crippen molar-refractivity contribution in [2.24, 2.45) is 7.05 Å². The van der Waals surface area contributed by atoms with Crippen LogP contribution in [-0.4, -0.2) is 65.7 Å². The van der Waals surface area contributed by atoms with Crippen molar-refractivity contribution >= 4 is 41.5 Å². The number of piperazine rings is 1. The molecule has 1 N–H and O–H groups in total. The largest absolute Gasteiger partial charge is 0.368 e. The highest BCUT2D eigenvalue weighted by Crippen LogP contribution is 2.34. The molecule has 0 atom stereocenters. The lowest BCUT2D eigenvalue weighted by molar-refractivity contribution is -0.112. The quantitative estimate of drug-likeness (QED) is 0.207. The van der Waals surface area contributed by atoms with Crippen molar-refractivity contribution in [3.05, 3.63) is 84.4 Å². The van der Waals surface area contributed by atoms with Gasteiger partial charge in [0.25, 0.3) is 11.7 Å². The summed E-state index contributed by atoms with van der Waals surface area (Å²) in [6.07, 6.45) is 3.32. The molecule has 1 amide bonds. The molecule has 1 aliphatic heterocycles. The first-order valence-corrected chi connectivity index (χ1v) is 15.8. The number of ketones is 1. The van der Waals surface area contributed by atoms with Gasteiger partial charge in [-0.2, -0.15) is 0 Å². The number of aryl methyl sites for hydroxylation is 1. The summed E-state index contributed by atoms with van der Waals surface area (Å²) in [7, 11) is -0.579. The van der Waals surface area contributed by atoms with Crippen molar-refractivity contribution in [3.8, 4) is 11.1 Å². The number of carbonyl (C=O) groups excluding carboxylic acids is 2. The van der Waals surface area contributed by atoms with Gasteiger partial charge in [-0.1, -0.05) is 30.3 Å². The average molecular weight is 557 g/mol. The molecular formula is C30H33N6O3P. The molecule has 0 spiro atoms. The third-order valence-electron chi connectivity index (χ3n) is 7.28. The van der Waals surface area contributed by atoms with Gasteiger partial charge in [0.15, 0.2) is 0 Å². The van der Waals surface area contributed by atoms with Gasteiger partial charge < -0.3 is 24.2 Å². The fraction of sp³-hybridized carbons (Fsp3) is 0.267. The van der Waals surface area contributed by atoms with Crippen LogP contribution in [0.2, 0.25) is 0 Å². The standard InChI is InChI=1S/C30H33N6O3P/c1-21-18-26(22-8-6-5-7-9-22)27(34(21)2)28(37)29(38)33-23-10-12-24(13-11-23)35-14-16-36(17-15-35)30-31-19-25(20-32-30)40(3,4)39/h5-13,18-20H,14-17H2,1-4H3,(H,33,38). The molecule has 1 aliphatic rings. The predicted octanol–water partition coefficient (Wildman–Crippen LogP) is 4.19. The summed E-state index contributed by atoms with van der Waals surface area (Å²) in [5.41, 5.74) is 4.49. The summed E-state index contributed by atoms with van der Waals surface area (Å²) in [5, 5.41) is 3.44. The Bertz CT molecular complexity index is 1570. The minimum Gasteiger partial charge on any atom is -0.368 e. The predicted molar refractivity (Wildman–Crippen MR) is 161 cm³/mol. The first-order chi connectivity index (χ1) is 19.1. The number of aromatic nitrogens is 3. The van der Waals surface area contributed by atoms with Crippen LogP contribution in [0.5, 0.6) is 0 Å². The van der Waals surface area contributed by atoms with Gasteiger partial charge in [-0.15, -0.1) is 0 Å².